The second-order valence-electron chi connectivity index (χ2n) is 4.25. The van der Waals surface area contributed by atoms with E-state index >= 15 is 0 Å². The van der Waals surface area contributed by atoms with Crippen molar-refractivity contribution < 1.29 is 14.6 Å². The highest BCUT2D eigenvalue weighted by molar-refractivity contribution is 9.11. The van der Waals surface area contributed by atoms with Gasteiger partial charge in [-0.1, -0.05) is 46.3 Å². The molecule has 0 atom stereocenters. The van der Waals surface area contributed by atoms with Gasteiger partial charge in [0.1, 0.15) is 12.4 Å². The third-order valence-corrected chi connectivity index (χ3v) is 3.72. The van der Waals surface area contributed by atoms with E-state index < -0.39 is 5.97 Å². The van der Waals surface area contributed by atoms with Crippen LogP contribution in [0.5, 0.6) is 5.75 Å². The van der Waals surface area contributed by atoms with Crippen molar-refractivity contribution in [2.75, 3.05) is 0 Å². The highest BCUT2D eigenvalue weighted by Crippen LogP contribution is 2.34. The van der Waals surface area contributed by atoms with Crippen LogP contribution in [0, 0.1) is 0 Å². The maximum Gasteiger partial charge on any atom is 0.328 e. The van der Waals surface area contributed by atoms with Crippen LogP contribution in [0.15, 0.2) is 57.5 Å². The fourth-order valence-electron chi connectivity index (χ4n) is 1.75. The van der Waals surface area contributed by atoms with Crippen LogP contribution in [0.2, 0.25) is 0 Å². The molecule has 0 bridgehead atoms. The van der Waals surface area contributed by atoms with Crippen LogP contribution in [-0.4, -0.2) is 11.1 Å². The topological polar surface area (TPSA) is 46.5 Å². The zero-order valence-electron chi connectivity index (χ0n) is 10.9. The van der Waals surface area contributed by atoms with Crippen molar-refractivity contribution in [3.8, 4) is 5.75 Å². The third-order valence-electron chi connectivity index (χ3n) is 2.67. The van der Waals surface area contributed by atoms with E-state index in [4.69, 9.17) is 9.84 Å². The van der Waals surface area contributed by atoms with Crippen LogP contribution >= 0.6 is 31.9 Å². The summed E-state index contributed by atoms with van der Waals surface area (Å²) in [5, 5.41) is 8.76. The number of carboxylic acids is 1. The summed E-state index contributed by atoms with van der Waals surface area (Å²) >= 11 is 6.83. The van der Waals surface area contributed by atoms with Gasteiger partial charge in [-0.3, -0.25) is 0 Å². The third kappa shape index (κ3) is 4.72. The van der Waals surface area contributed by atoms with Crippen molar-refractivity contribution in [1.82, 2.24) is 0 Å². The lowest BCUT2D eigenvalue weighted by molar-refractivity contribution is -0.131. The second kappa shape index (κ2) is 7.43. The first-order chi connectivity index (χ1) is 10.1. The molecule has 0 unspecified atom stereocenters. The number of hydrogen-bond donors (Lipinski definition) is 1. The normalized spacial score (nSPS) is 10.8. The monoisotopic (exact) mass is 410 g/mol. The molecule has 2 rings (SSSR count). The minimum Gasteiger partial charge on any atom is -0.487 e. The van der Waals surface area contributed by atoms with Crippen LogP contribution in [0.3, 0.4) is 0 Å². The molecule has 5 heteroatoms. The lowest BCUT2D eigenvalue weighted by Crippen LogP contribution is -1.98. The first kappa shape index (κ1) is 15.8. The van der Waals surface area contributed by atoms with Crippen molar-refractivity contribution in [1.29, 1.82) is 0 Å². The van der Waals surface area contributed by atoms with E-state index in [1.54, 1.807) is 0 Å². The summed E-state index contributed by atoms with van der Waals surface area (Å²) in [5.41, 5.74) is 1.73. The molecule has 0 aliphatic carbocycles. The predicted octanol–water partition coefficient (Wildman–Crippen LogP) is 4.89. The van der Waals surface area contributed by atoms with Gasteiger partial charge in [-0.2, -0.15) is 0 Å². The first-order valence-corrected chi connectivity index (χ1v) is 7.71. The van der Waals surface area contributed by atoms with Gasteiger partial charge in [-0.25, -0.2) is 4.79 Å². The summed E-state index contributed by atoms with van der Waals surface area (Å²) in [6.45, 7) is 0.412. The molecule has 3 nitrogen and oxygen atoms in total. The van der Waals surface area contributed by atoms with Gasteiger partial charge in [0.25, 0.3) is 0 Å². The highest BCUT2D eigenvalue weighted by atomic mass is 79.9. The van der Waals surface area contributed by atoms with Gasteiger partial charge in [0, 0.05) is 16.1 Å². The maximum absolute atomic E-state index is 10.7. The number of halogens is 2. The molecule has 0 fully saturated rings. The number of aliphatic carboxylic acids is 1. The van der Waals surface area contributed by atoms with Crippen molar-refractivity contribution in [3.63, 3.8) is 0 Å². The molecule has 0 radical (unpaired) electrons. The Kier molecular flexibility index (Phi) is 5.59. The Morgan fingerprint density at radius 1 is 1.19 bits per heavy atom. The summed E-state index contributed by atoms with van der Waals surface area (Å²) in [6, 6.07) is 13.4. The van der Waals surface area contributed by atoms with E-state index in [0.717, 1.165) is 20.6 Å². The molecule has 0 saturated carbocycles. The van der Waals surface area contributed by atoms with Crippen molar-refractivity contribution in [2.24, 2.45) is 0 Å². The summed E-state index contributed by atoms with van der Waals surface area (Å²) in [4.78, 5) is 10.7. The van der Waals surface area contributed by atoms with Crippen molar-refractivity contribution in [3.05, 3.63) is 68.6 Å². The number of benzene rings is 2. The number of ether oxygens (including phenoxy) is 1. The van der Waals surface area contributed by atoms with Gasteiger partial charge in [0.2, 0.25) is 0 Å². The SMILES string of the molecule is O=C(O)/C=C/c1cc(Br)cc(Br)c1OCc1ccccc1. The van der Waals surface area contributed by atoms with Crippen LogP contribution < -0.4 is 4.74 Å². The largest absolute Gasteiger partial charge is 0.487 e. The number of hydrogen-bond acceptors (Lipinski definition) is 2. The summed E-state index contributed by atoms with van der Waals surface area (Å²) in [5.74, 6) is -0.389. The highest BCUT2D eigenvalue weighted by Gasteiger charge is 2.09. The fourth-order valence-corrected chi connectivity index (χ4v) is 3.12. The Labute approximate surface area is 139 Å². The minimum atomic E-state index is -1.000. The van der Waals surface area contributed by atoms with Crippen molar-refractivity contribution in [2.45, 2.75) is 6.61 Å². The Balaban J connectivity index is 2.26. The quantitative estimate of drug-likeness (QED) is 0.712. The maximum atomic E-state index is 10.7. The molecule has 0 aliphatic rings. The molecular formula is C16H12Br2O3. The van der Waals surface area contributed by atoms with E-state index in [0.29, 0.717) is 17.9 Å². The smallest absolute Gasteiger partial charge is 0.328 e. The molecule has 0 amide bonds. The fraction of sp³-hybridized carbons (Fsp3) is 0.0625. The van der Waals surface area contributed by atoms with E-state index in [1.807, 2.05) is 42.5 Å². The Morgan fingerprint density at radius 2 is 1.90 bits per heavy atom. The van der Waals surface area contributed by atoms with Gasteiger partial charge >= 0.3 is 5.97 Å². The molecule has 0 aliphatic heterocycles. The Hall–Kier alpha value is -1.59. The molecule has 2 aromatic carbocycles. The zero-order valence-corrected chi connectivity index (χ0v) is 14.1. The van der Waals surface area contributed by atoms with E-state index in [-0.39, 0.29) is 0 Å². The summed E-state index contributed by atoms with van der Waals surface area (Å²) in [7, 11) is 0. The number of carbonyl (C=O) groups is 1. The molecule has 21 heavy (non-hydrogen) atoms. The molecular weight excluding hydrogens is 400 g/mol. The van der Waals surface area contributed by atoms with E-state index in [9.17, 15) is 4.79 Å². The van der Waals surface area contributed by atoms with Gasteiger partial charge in [0.15, 0.2) is 0 Å². The Morgan fingerprint density at radius 3 is 2.57 bits per heavy atom. The molecule has 108 valence electrons. The standard InChI is InChI=1S/C16H12Br2O3/c17-13-8-12(6-7-15(19)20)16(14(18)9-13)21-10-11-4-2-1-3-5-11/h1-9H,10H2,(H,19,20)/b7-6+. The van der Waals surface area contributed by atoms with Crippen LogP contribution in [0.25, 0.3) is 6.08 Å². The molecule has 0 aromatic heterocycles. The van der Waals surface area contributed by atoms with Gasteiger partial charge in [-0.15, -0.1) is 0 Å². The average Bonchev–Trinajstić information content (AvgIpc) is 2.45. The lowest BCUT2D eigenvalue weighted by atomic mass is 10.2. The zero-order chi connectivity index (χ0) is 15.2. The first-order valence-electron chi connectivity index (χ1n) is 6.13. The van der Waals surface area contributed by atoms with Gasteiger partial charge in [-0.05, 0) is 39.7 Å². The van der Waals surface area contributed by atoms with Crippen LogP contribution in [0.4, 0.5) is 0 Å². The average molecular weight is 412 g/mol. The van der Waals surface area contributed by atoms with Gasteiger partial charge in [0.05, 0.1) is 4.47 Å². The second-order valence-corrected chi connectivity index (χ2v) is 6.02. The lowest BCUT2D eigenvalue weighted by Gasteiger charge is -2.12. The minimum absolute atomic E-state index is 0.412. The summed E-state index contributed by atoms with van der Waals surface area (Å²) in [6.07, 6.45) is 2.60. The van der Waals surface area contributed by atoms with Gasteiger partial charge < -0.3 is 9.84 Å². The van der Waals surface area contributed by atoms with Crippen LogP contribution in [0.1, 0.15) is 11.1 Å². The molecule has 2 aromatic rings. The molecule has 0 heterocycles. The number of rotatable bonds is 5. The summed E-state index contributed by atoms with van der Waals surface area (Å²) < 4.78 is 7.43. The van der Waals surface area contributed by atoms with E-state index in [1.165, 1.54) is 6.08 Å². The predicted molar refractivity (Wildman–Crippen MR) is 89.3 cm³/mol. The van der Waals surface area contributed by atoms with Crippen LogP contribution in [-0.2, 0) is 11.4 Å². The Bertz CT molecular complexity index is 667. The van der Waals surface area contributed by atoms with Crippen molar-refractivity contribution >= 4 is 43.9 Å². The van der Waals surface area contributed by atoms with E-state index in [2.05, 4.69) is 31.9 Å². The molecule has 0 spiro atoms. The molecule has 1 N–H and O–H groups in total. The number of carboxylic acid groups (broad SMARTS) is 1. The molecule has 0 saturated heterocycles.